The van der Waals surface area contributed by atoms with Gasteiger partial charge in [0.05, 0.1) is 11.7 Å². The highest BCUT2D eigenvalue weighted by molar-refractivity contribution is 4.85. The molecule has 0 aromatic rings. The molecule has 84 valence electrons. The monoisotopic (exact) mass is 201 g/mol. The van der Waals surface area contributed by atoms with Crippen molar-refractivity contribution < 1.29 is 9.84 Å². The molecule has 0 aromatic heterocycles. The molecule has 0 aromatic carbocycles. The largest absolute Gasteiger partial charge is 0.392 e. The summed E-state index contributed by atoms with van der Waals surface area (Å²) in [6, 6.07) is 0.273. The molecule has 1 aliphatic carbocycles. The average molecular weight is 201 g/mol. The Labute approximate surface area is 86.8 Å². The summed E-state index contributed by atoms with van der Waals surface area (Å²) >= 11 is 0. The van der Waals surface area contributed by atoms with Crippen LogP contribution in [0.4, 0.5) is 0 Å². The van der Waals surface area contributed by atoms with Gasteiger partial charge >= 0.3 is 0 Å². The summed E-state index contributed by atoms with van der Waals surface area (Å²) in [5.74, 6) is 0. The van der Waals surface area contributed by atoms with Crippen molar-refractivity contribution >= 4 is 0 Å². The van der Waals surface area contributed by atoms with Gasteiger partial charge in [-0.05, 0) is 40.0 Å². The van der Waals surface area contributed by atoms with E-state index in [0.717, 1.165) is 32.4 Å². The zero-order chi connectivity index (χ0) is 10.6. The molecular formula is C11H23NO2. The quantitative estimate of drug-likeness (QED) is 0.704. The molecule has 2 atom stereocenters. The van der Waals surface area contributed by atoms with Crippen LogP contribution >= 0.6 is 0 Å². The van der Waals surface area contributed by atoms with E-state index in [9.17, 15) is 5.11 Å². The lowest BCUT2D eigenvalue weighted by molar-refractivity contribution is -0.0131. The molecule has 2 N–H and O–H groups in total. The summed E-state index contributed by atoms with van der Waals surface area (Å²) in [5, 5.41) is 13.0. The van der Waals surface area contributed by atoms with Crippen LogP contribution in [0, 0.1) is 0 Å². The molecule has 1 rings (SSSR count). The van der Waals surface area contributed by atoms with Gasteiger partial charge in [-0.25, -0.2) is 0 Å². The summed E-state index contributed by atoms with van der Waals surface area (Å²) in [5.41, 5.74) is -0.128. The third-order valence-corrected chi connectivity index (χ3v) is 2.80. The van der Waals surface area contributed by atoms with Gasteiger partial charge in [-0.2, -0.15) is 0 Å². The fraction of sp³-hybridized carbons (Fsp3) is 1.00. The molecule has 0 unspecified atom stereocenters. The van der Waals surface area contributed by atoms with Crippen molar-refractivity contribution in [3.63, 3.8) is 0 Å². The van der Waals surface area contributed by atoms with Crippen molar-refractivity contribution in [2.75, 3.05) is 13.2 Å². The van der Waals surface area contributed by atoms with Crippen LogP contribution in [0.2, 0.25) is 0 Å². The number of aliphatic hydroxyl groups is 1. The molecule has 0 spiro atoms. The lowest BCUT2D eigenvalue weighted by atomic mass is 10.1. The first kappa shape index (κ1) is 12.0. The third kappa shape index (κ3) is 3.56. The van der Waals surface area contributed by atoms with E-state index in [4.69, 9.17) is 4.74 Å². The fourth-order valence-electron chi connectivity index (χ4n) is 2.00. The van der Waals surface area contributed by atoms with Crippen LogP contribution in [0.15, 0.2) is 0 Å². The average Bonchev–Trinajstić information content (AvgIpc) is 2.48. The Hall–Kier alpha value is -0.120. The van der Waals surface area contributed by atoms with E-state index in [1.165, 1.54) is 0 Å². The zero-order valence-electron chi connectivity index (χ0n) is 9.55. The van der Waals surface area contributed by atoms with Crippen molar-refractivity contribution in [2.45, 2.75) is 57.8 Å². The van der Waals surface area contributed by atoms with Crippen molar-refractivity contribution in [1.82, 2.24) is 5.32 Å². The minimum Gasteiger partial charge on any atom is -0.392 e. The van der Waals surface area contributed by atoms with E-state index in [2.05, 4.69) is 19.2 Å². The smallest absolute Gasteiger partial charge is 0.0750 e. The molecule has 1 saturated carbocycles. The molecule has 0 radical (unpaired) electrons. The van der Waals surface area contributed by atoms with Gasteiger partial charge < -0.3 is 15.2 Å². The van der Waals surface area contributed by atoms with Crippen LogP contribution in [0.5, 0.6) is 0 Å². The van der Waals surface area contributed by atoms with Crippen LogP contribution in [-0.4, -0.2) is 36.0 Å². The maximum absolute atomic E-state index is 9.61. The molecular weight excluding hydrogens is 178 g/mol. The molecule has 0 amide bonds. The summed E-state index contributed by atoms with van der Waals surface area (Å²) in [7, 11) is 0. The van der Waals surface area contributed by atoms with Crippen LogP contribution in [0.25, 0.3) is 0 Å². The maximum atomic E-state index is 9.61. The van der Waals surface area contributed by atoms with Gasteiger partial charge in [0.25, 0.3) is 0 Å². The second-order valence-electron chi connectivity index (χ2n) is 4.68. The molecule has 14 heavy (non-hydrogen) atoms. The van der Waals surface area contributed by atoms with Crippen LogP contribution in [-0.2, 0) is 4.74 Å². The number of hydrogen-bond acceptors (Lipinski definition) is 3. The Bertz CT molecular complexity index is 171. The van der Waals surface area contributed by atoms with Crippen LogP contribution in [0.3, 0.4) is 0 Å². The minimum atomic E-state index is -0.160. The Morgan fingerprint density at radius 1 is 1.43 bits per heavy atom. The zero-order valence-corrected chi connectivity index (χ0v) is 9.55. The predicted octanol–water partition coefficient (Wildman–Crippen LogP) is 1.30. The lowest BCUT2D eigenvalue weighted by Crippen LogP contribution is -2.45. The molecule has 0 saturated heterocycles. The Morgan fingerprint density at radius 3 is 2.64 bits per heavy atom. The number of hydrogen-bond donors (Lipinski definition) is 2. The van der Waals surface area contributed by atoms with Crippen molar-refractivity contribution in [3.8, 4) is 0 Å². The van der Waals surface area contributed by atoms with Crippen molar-refractivity contribution in [2.24, 2.45) is 0 Å². The second-order valence-corrected chi connectivity index (χ2v) is 4.68. The highest BCUT2D eigenvalue weighted by Crippen LogP contribution is 2.19. The van der Waals surface area contributed by atoms with Crippen molar-refractivity contribution in [3.05, 3.63) is 0 Å². The first-order valence-corrected chi connectivity index (χ1v) is 5.60. The van der Waals surface area contributed by atoms with Gasteiger partial charge in [-0.15, -0.1) is 0 Å². The summed E-state index contributed by atoms with van der Waals surface area (Å²) in [6.45, 7) is 7.70. The summed E-state index contributed by atoms with van der Waals surface area (Å²) in [4.78, 5) is 0. The Kier molecular flexibility index (Phi) is 4.35. The molecule has 1 aliphatic rings. The van der Waals surface area contributed by atoms with Gasteiger partial charge in [0, 0.05) is 19.2 Å². The normalized spacial score (nSPS) is 28.3. The van der Waals surface area contributed by atoms with Crippen molar-refractivity contribution in [1.29, 1.82) is 0 Å². The molecule has 0 heterocycles. The number of ether oxygens (including phenoxy) is 1. The third-order valence-electron chi connectivity index (χ3n) is 2.80. The highest BCUT2D eigenvalue weighted by Gasteiger charge is 2.27. The van der Waals surface area contributed by atoms with E-state index >= 15 is 0 Å². The van der Waals surface area contributed by atoms with E-state index in [0.29, 0.717) is 0 Å². The second kappa shape index (κ2) is 5.10. The van der Waals surface area contributed by atoms with E-state index < -0.39 is 0 Å². The molecule has 0 bridgehead atoms. The van der Waals surface area contributed by atoms with E-state index in [1.807, 2.05) is 6.92 Å². The first-order valence-electron chi connectivity index (χ1n) is 5.60. The number of aliphatic hydroxyl groups excluding tert-OH is 1. The SMILES string of the molecule is CCOC(C)(C)CN[C@H]1CCC[C@@H]1O. The fourth-order valence-corrected chi connectivity index (χ4v) is 2.00. The van der Waals surface area contributed by atoms with Gasteiger partial charge in [-0.3, -0.25) is 0 Å². The number of rotatable bonds is 5. The molecule has 3 nitrogen and oxygen atoms in total. The Morgan fingerprint density at radius 2 is 2.14 bits per heavy atom. The Balaban J connectivity index is 2.25. The summed E-state index contributed by atoms with van der Waals surface area (Å²) in [6.07, 6.45) is 3.00. The molecule has 3 heteroatoms. The topological polar surface area (TPSA) is 41.5 Å². The highest BCUT2D eigenvalue weighted by atomic mass is 16.5. The van der Waals surface area contributed by atoms with E-state index in [-0.39, 0.29) is 17.7 Å². The maximum Gasteiger partial charge on any atom is 0.0750 e. The summed E-state index contributed by atoms with van der Waals surface area (Å²) < 4.78 is 5.58. The van der Waals surface area contributed by atoms with Gasteiger partial charge in [0.15, 0.2) is 0 Å². The molecule has 1 fully saturated rings. The van der Waals surface area contributed by atoms with E-state index in [1.54, 1.807) is 0 Å². The minimum absolute atomic E-state index is 0.128. The van der Waals surface area contributed by atoms with Crippen LogP contribution < -0.4 is 5.32 Å². The van der Waals surface area contributed by atoms with Crippen LogP contribution in [0.1, 0.15) is 40.0 Å². The number of nitrogens with one attached hydrogen (secondary N) is 1. The lowest BCUT2D eigenvalue weighted by Gasteiger charge is -2.28. The van der Waals surface area contributed by atoms with Gasteiger partial charge in [0.2, 0.25) is 0 Å². The first-order chi connectivity index (χ1) is 6.55. The predicted molar refractivity (Wildman–Crippen MR) is 57.4 cm³/mol. The van der Waals surface area contributed by atoms with Gasteiger partial charge in [-0.1, -0.05) is 0 Å². The van der Waals surface area contributed by atoms with Gasteiger partial charge in [0.1, 0.15) is 0 Å². The molecule has 0 aliphatic heterocycles. The standard InChI is InChI=1S/C11H23NO2/c1-4-14-11(2,3)8-12-9-6-5-7-10(9)13/h9-10,12-13H,4-8H2,1-3H3/t9-,10-/m0/s1.